The quantitative estimate of drug-likeness (QED) is 0.779. The fraction of sp³-hybridized carbons (Fsp3) is 0.154. The second kappa shape index (κ2) is 5.06. The van der Waals surface area contributed by atoms with Gasteiger partial charge < -0.3 is 9.15 Å². The first-order valence-corrected chi connectivity index (χ1v) is 5.60. The normalized spacial score (nSPS) is 10.2. The van der Waals surface area contributed by atoms with Gasteiger partial charge in [-0.15, -0.1) is 0 Å². The summed E-state index contributed by atoms with van der Waals surface area (Å²) >= 11 is 6.01. The molecule has 0 unspecified atom stereocenters. The second-order valence-corrected chi connectivity index (χ2v) is 3.79. The Morgan fingerprint density at radius 1 is 1.41 bits per heavy atom. The minimum Gasteiger partial charge on any atom is -0.492 e. The highest BCUT2D eigenvalue weighted by Gasteiger charge is 2.13. The molecule has 1 heterocycles. The molecule has 0 saturated carbocycles. The van der Waals surface area contributed by atoms with Crippen molar-refractivity contribution in [2.75, 3.05) is 6.61 Å². The molecule has 0 fully saturated rings. The number of ether oxygens (including phenoxy) is 1. The third kappa shape index (κ3) is 2.50. The van der Waals surface area contributed by atoms with E-state index < -0.39 is 0 Å². The van der Waals surface area contributed by atoms with E-state index in [0.717, 1.165) is 0 Å². The number of hydrogen-bond donors (Lipinski definition) is 0. The molecule has 0 amide bonds. The summed E-state index contributed by atoms with van der Waals surface area (Å²) in [7, 11) is 0. The van der Waals surface area contributed by atoms with Gasteiger partial charge in [0.1, 0.15) is 5.75 Å². The van der Waals surface area contributed by atoms with Crippen molar-refractivity contribution in [2.24, 2.45) is 0 Å². The summed E-state index contributed by atoms with van der Waals surface area (Å²) in [6, 6.07) is 8.22. The van der Waals surface area contributed by atoms with Crippen molar-refractivity contribution in [1.82, 2.24) is 0 Å². The van der Waals surface area contributed by atoms with E-state index in [4.69, 9.17) is 20.8 Å². The standard InChI is InChI=1S/C13H11ClO3/c1-2-16-11-6-5-9(8-10(11)14)13(15)12-4-3-7-17-12/h3-8H,2H2,1H3. The first-order valence-electron chi connectivity index (χ1n) is 5.23. The molecule has 0 N–H and O–H groups in total. The monoisotopic (exact) mass is 250 g/mol. The van der Waals surface area contributed by atoms with Crippen molar-refractivity contribution in [3.05, 3.63) is 52.9 Å². The number of benzene rings is 1. The highest BCUT2D eigenvalue weighted by atomic mass is 35.5. The number of carbonyl (C=O) groups excluding carboxylic acids is 1. The van der Waals surface area contributed by atoms with E-state index in [9.17, 15) is 4.79 Å². The smallest absolute Gasteiger partial charge is 0.228 e. The van der Waals surface area contributed by atoms with Crippen molar-refractivity contribution in [2.45, 2.75) is 6.92 Å². The summed E-state index contributed by atoms with van der Waals surface area (Å²) in [5.41, 5.74) is 0.480. The molecule has 0 radical (unpaired) electrons. The number of ketones is 1. The Bertz CT molecular complexity index is 517. The molecule has 2 aromatic rings. The fourth-order valence-electron chi connectivity index (χ4n) is 1.46. The predicted molar refractivity (Wildman–Crippen MR) is 64.8 cm³/mol. The number of hydrogen-bond acceptors (Lipinski definition) is 3. The van der Waals surface area contributed by atoms with Crippen LogP contribution in [0.4, 0.5) is 0 Å². The van der Waals surface area contributed by atoms with Gasteiger partial charge in [-0.2, -0.15) is 0 Å². The lowest BCUT2D eigenvalue weighted by molar-refractivity contribution is 0.101. The van der Waals surface area contributed by atoms with E-state index in [1.807, 2.05) is 6.92 Å². The maximum absolute atomic E-state index is 11.9. The molecule has 0 aliphatic carbocycles. The first-order chi connectivity index (χ1) is 8.22. The lowest BCUT2D eigenvalue weighted by Crippen LogP contribution is -2.00. The summed E-state index contributed by atoms with van der Waals surface area (Å²) in [4.78, 5) is 11.9. The molecule has 2 rings (SSSR count). The van der Waals surface area contributed by atoms with Gasteiger partial charge in [0.15, 0.2) is 5.76 Å². The van der Waals surface area contributed by atoms with Crippen molar-refractivity contribution in [1.29, 1.82) is 0 Å². The van der Waals surface area contributed by atoms with Gasteiger partial charge in [-0.25, -0.2) is 0 Å². The molecular weight excluding hydrogens is 240 g/mol. The summed E-state index contributed by atoms with van der Waals surface area (Å²) in [6.07, 6.45) is 1.46. The Labute approximate surface area is 104 Å². The molecule has 0 spiro atoms. The Morgan fingerprint density at radius 3 is 2.82 bits per heavy atom. The molecule has 17 heavy (non-hydrogen) atoms. The Hall–Kier alpha value is -1.74. The van der Waals surface area contributed by atoms with E-state index in [-0.39, 0.29) is 5.78 Å². The molecule has 88 valence electrons. The maximum atomic E-state index is 11.9. The molecular formula is C13H11ClO3. The van der Waals surface area contributed by atoms with Gasteiger partial charge in [-0.1, -0.05) is 11.6 Å². The van der Waals surface area contributed by atoms with Gasteiger partial charge in [0, 0.05) is 5.56 Å². The van der Waals surface area contributed by atoms with E-state index in [1.54, 1.807) is 30.3 Å². The van der Waals surface area contributed by atoms with Crippen LogP contribution >= 0.6 is 11.6 Å². The van der Waals surface area contributed by atoms with E-state index >= 15 is 0 Å². The predicted octanol–water partition coefficient (Wildman–Crippen LogP) is 3.56. The Morgan fingerprint density at radius 2 is 2.24 bits per heavy atom. The second-order valence-electron chi connectivity index (χ2n) is 3.38. The van der Waals surface area contributed by atoms with Crippen LogP contribution in [0.3, 0.4) is 0 Å². The first kappa shape index (κ1) is 11.7. The van der Waals surface area contributed by atoms with Gasteiger partial charge in [0.25, 0.3) is 0 Å². The highest BCUT2D eigenvalue weighted by Crippen LogP contribution is 2.26. The SMILES string of the molecule is CCOc1ccc(C(=O)c2ccco2)cc1Cl. The van der Waals surface area contributed by atoms with Gasteiger partial charge in [-0.05, 0) is 37.3 Å². The molecule has 4 heteroatoms. The van der Waals surface area contributed by atoms with Crippen LogP contribution in [-0.4, -0.2) is 12.4 Å². The van der Waals surface area contributed by atoms with Crippen LogP contribution in [0.15, 0.2) is 41.0 Å². The largest absolute Gasteiger partial charge is 0.492 e. The van der Waals surface area contributed by atoms with E-state index in [2.05, 4.69) is 0 Å². The van der Waals surface area contributed by atoms with Crippen LogP contribution in [0.1, 0.15) is 23.0 Å². The summed E-state index contributed by atoms with van der Waals surface area (Å²) < 4.78 is 10.3. The number of halogens is 1. The minimum atomic E-state index is -0.194. The van der Waals surface area contributed by atoms with Gasteiger partial charge >= 0.3 is 0 Å². The fourth-order valence-corrected chi connectivity index (χ4v) is 1.70. The summed E-state index contributed by atoms with van der Waals surface area (Å²) in [5, 5.41) is 0.421. The van der Waals surface area contributed by atoms with Crippen LogP contribution in [-0.2, 0) is 0 Å². The van der Waals surface area contributed by atoms with E-state index in [0.29, 0.717) is 28.7 Å². The molecule has 1 aromatic heterocycles. The third-order valence-electron chi connectivity index (χ3n) is 2.24. The zero-order valence-electron chi connectivity index (χ0n) is 9.27. The molecule has 3 nitrogen and oxygen atoms in total. The van der Waals surface area contributed by atoms with Crippen molar-refractivity contribution in [3.63, 3.8) is 0 Å². The third-order valence-corrected chi connectivity index (χ3v) is 2.53. The maximum Gasteiger partial charge on any atom is 0.228 e. The lowest BCUT2D eigenvalue weighted by Gasteiger charge is -2.06. The van der Waals surface area contributed by atoms with Crippen molar-refractivity contribution < 1.29 is 13.9 Å². The van der Waals surface area contributed by atoms with Crippen LogP contribution in [0, 0.1) is 0 Å². The van der Waals surface area contributed by atoms with E-state index in [1.165, 1.54) is 6.26 Å². The molecule has 0 saturated heterocycles. The van der Waals surface area contributed by atoms with Crippen LogP contribution in [0.25, 0.3) is 0 Å². The van der Waals surface area contributed by atoms with Crippen molar-refractivity contribution in [3.8, 4) is 5.75 Å². The molecule has 0 aliphatic heterocycles. The van der Waals surface area contributed by atoms with Gasteiger partial charge in [0.2, 0.25) is 5.78 Å². The van der Waals surface area contributed by atoms with Crippen molar-refractivity contribution >= 4 is 17.4 Å². The average molecular weight is 251 g/mol. The molecule has 0 atom stereocenters. The molecule has 0 aliphatic rings. The van der Waals surface area contributed by atoms with Crippen LogP contribution in [0.5, 0.6) is 5.75 Å². The number of rotatable bonds is 4. The number of carbonyl (C=O) groups is 1. The van der Waals surface area contributed by atoms with Gasteiger partial charge in [0.05, 0.1) is 17.9 Å². The summed E-state index contributed by atoms with van der Waals surface area (Å²) in [6.45, 7) is 2.41. The highest BCUT2D eigenvalue weighted by molar-refractivity contribution is 6.32. The average Bonchev–Trinajstić information content (AvgIpc) is 2.84. The topological polar surface area (TPSA) is 39.4 Å². The Balaban J connectivity index is 2.29. The number of furan rings is 1. The van der Waals surface area contributed by atoms with Gasteiger partial charge in [-0.3, -0.25) is 4.79 Å². The zero-order chi connectivity index (χ0) is 12.3. The minimum absolute atomic E-state index is 0.194. The molecule has 1 aromatic carbocycles. The van der Waals surface area contributed by atoms with Crippen LogP contribution in [0.2, 0.25) is 5.02 Å². The summed E-state index contributed by atoms with van der Waals surface area (Å²) in [5.74, 6) is 0.676. The lowest BCUT2D eigenvalue weighted by atomic mass is 10.1. The molecule has 0 bridgehead atoms. The van der Waals surface area contributed by atoms with Crippen LogP contribution < -0.4 is 4.74 Å². The zero-order valence-corrected chi connectivity index (χ0v) is 10.0. The Kier molecular flexibility index (Phi) is 3.49.